The predicted molar refractivity (Wildman–Crippen MR) is 85.0 cm³/mol. The first-order valence-electron chi connectivity index (χ1n) is 6.95. The largest absolute Gasteiger partial charge is 0.480 e. The maximum absolute atomic E-state index is 11.5. The highest BCUT2D eigenvalue weighted by Crippen LogP contribution is 2.39. The summed E-state index contributed by atoms with van der Waals surface area (Å²) in [5, 5.41) is 12.2. The van der Waals surface area contributed by atoms with Crippen LogP contribution in [0.1, 0.15) is 29.3 Å². The average molecular weight is 322 g/mol. The van der Waals surface area contributed by atoms with Crippen molar-refractivity contribution in [3.63, 3.8) is 0 Å². The van der Waals surface area contributed by atoms with Crippen LogP contribution in [0.2, 0.25) is 5.02 Å². The summed E-state index contributed by atoms with van der Waals surface area (Å²) in [6.07, 6.45) is 1.60. The Morgan fingerprint density at radius 1 is 1.33 bits per heavy atom. The van der Waals surface area contributed by atoms with Crippen LogP contribution in [0, 0.1) is 0 Å². The second-order valence-electron chi connectivity index (χ2n) is 5.17. The molecule has 1 aromatic heterocycles. The molecule has 0 aliphatic carbocycles. The van der Waals surface area contributed by atoms with Crippen molar-refractivity contribution in [3.8, 4) is 0 Å². The number of aliphatic carboxylic acids is 1. The van der Waals surface area contributed by atoms with Gasteiger partial charge in [-0.15, -0.1) is 11.3 Å². The quantitative estimate of drug-likeness (QED) is 0.924. The van der Waals surface area contributed by atoms with Crippen LogP contribution >= 0.6 is 22.9 Å². The fraction of sp³-hybridized carbons (Fsp3) is 0.312. The molecule has 3 rings (SSSR count). The number of hydrogen-bond acceptors (Lipinski definition) is 3. The lowest BCUT2D eigenvalue weighted by Crippen LogP contribution is -2.39. The van der Waals surface area contributed by atoms with Gasteiger partial charge in [0, 0.05) is 16.4 Å². The van der Waals surface area contributed by atoms with Gasteiger partial charge < -0.3 is 5.11 Å². The summed E-state index contributed by atoms with van der Waals surface area (Å²) in [5.74, 6) is -0.749. The van der Waals surface area contributed by atoms with Gasteiger partial charge in [-0.05, 0) is 35.9 Å². The van der Waals surface area contributed by atoms with Crippen molar-refractivity contribution in [1.29, 1.82) is 0 Å². The summed E-state index contributed by atoms with van der Waals surface area (Å²) in [6.45, 7) is 0.782. The first kappa shape index (κ1) is 14.6. The zero-order valence-electron chi connectivity index (χ0n) is 11.4. The Morgan fingerprint density at radius 2 is 2.14 bits per heavy atom. The minimum absolute atomic E-state index is 0.0812. The molecule has 3 nitrogen and oxygen atoms in total. The molecule has 1 N–H and O–H groups in total. The molecule has 21 heavy (non-hydrogen) atoms. The molecule has 2 heterocycles. The number of carbonyl (C=O) groups is 1. The summed E-state index contributed by atoms with van der Waals surface area (Å²) in [4.78, 5) is 14.7. The van der Waals surface area contributed by atoms with Crippen molar-refractivity contribution < 1.29 is 9.90 Å². The molecule has 0 spiro atoms. The Hall–Kier alpha value is -1.36. The van der Waals surface area contributed by atoms with E-state index in [1.54, 1.807) is 11.3 Å². The number of nitrogens with zero attached hydrogens (tertiary/aromatic N) is 1. The average Bonchev–Trinajstić information content (AvgIpc) is 3.13. The van der Waals surface area contributed by atoms with Gasteiger partial charge in [-0.1, -0.05) is 35.9 Å². The fourth-order valence-electron chi connectivity index (χ4n) is 3.00. The van der Waals surface area contributed by atoms with Crippen LogP contribution < -0.4 is 0 Å². The Labute approximate surface area is 132 Å². The van der Waals surface area contributed by atoms with Gasteiger partial charge in [-0.25, -0.2) is 0 Å². The van der Waals surface area contributed by atoms with Gasteiger partial charge >= 0.3 is 5.97 Å². The number of halogens is 1. The Morgan fingerprint density at radius 3 is 2.81 bits per heavy atom. The summed E-state index contributed by atoms with van der Waals surface area (Å²) in [7, 11) is 0. The van der Waals surface area contributed by atoms with Crippen LogP contribution in [0.3, 0.4) is 0 Å². The van der Waals surface area contributed by atoms with Gasteiger partial charge in [0.1, 0.15) is 6.04 Å². The third-order valence-corrected chi connectivity index (χ3v) is 5.19. The summed E-state index contributed by atoms with van der Waals surface area (Å²) in [5.41, 5.74) is 0.981. The smallest absolute Gasteiger partial charge is 0.320 e. The van der Waals surface area contributed by atoms with Crippen LogP contribution in [-0.4, -0.2) is 28.6 Å². The molecule has 1 fully saturated rings. The highest BCUT2D eigenvalue weighted by Gasteiger charge is 2.37. The normalized spacial score (nSPS) is 20.5. The van der Waals surface area contributed by atoms with E-state index in [1.165, 1.54) is 0 Å². The Bertz CT molecular complexity index is 629. The highest BCUT2D eigenvalue weighted by atomic mass is 35.5. The van der Waals surface area contributed by atoms with E-state index >= 15 is 0 Å². The molecule has 0 radical (unpaired) electrons. The standard InChI is InChI=1S/C16H16ClNO2S/c17-12-6-2-1-5-11(12)15(14-8-4-10-21-14)18-9-3-7-13(18)16(19)20/h1-2,4-6,8,10,13,15H,3,7,9H2,(H,19,20). The van der Waals surface area contributed by atoms with E-state index in [0.29, 0.717) is 11.4 Å². The number of hydrogen-bond donors (Lipinski definition) is 1. The second kappa shape index (κ2) is 6.18. The zero-order valence-corrected chi connectivity index (χ0v) is 13.0. The van der Waals surface area contributed by atoms with Crippen molar-refractivity contribution >= 4 is 28.9 Å². The van der Waals surface area contributed by atoms with Crippen LogP contribution in [-0.2, 0) is 4.79 Å². The molecule has 1 aliphatic heterocycles. The van der Waals surface area contributed by atoms with E-state index < -0.39 is 12.0 Å². The number of likely N-dealkylation sites (tertiary alicyclic amines) is 1. The van der Waals surface area contributed by atoms with Crippen molar-refractivity contribution in [1.82, 2.24) is 4.90 Å². The third-order valence-electron chi connectivity index (χ3n) is 3.92. The first-order chi connectivity index (χ1) is 10.2. The minimum Gasteiger partial charge on any atom is -0.480 e. The van der Waals surface area contributed by atoms with Gasteiger partial charge in [0.05, 0.1) is 6.04 Å². The second-order valence-corrected chi connectivity index (χ2v) is 6.56. The summed E-state index contributed by atoms with van der Waals surface area (Å²) in [6, 6.07) is 11.2. The molecule has 0 saturated carbocycles. The molecule has 1 aliphatic rings. The van der Waals surface area contributed by atoms with Crippen molar-refractivity contribution in [2.24, 2.45) is 0 Å². The first-order valence-corrected chi connectivity index (χ1v) is 8.20. The molecule has 1 aromatic carbocycles. The number of thiophene rings is 1. The van der Waals surface area contributed by atoms with Crippen molar-refractivity contribution in [3.05, 3.63) is 57.2 Å². The molecule has 0 bridgehead atoms. The van der Waals surface area contributed by atoms with E-state index in [4.69, 9.17) is 11.6 Å². The lowest BCUT2D eigenvalue weighted by molar-refractivity contribution is -0.142. The lowest BCUT2D eigenvalue weighted by atomic mass is 10.0. The Balaban J connectivity index is 2.05. The maximum atomic E-state index is 11.5. The Kier molecular flexibility index (Phi) is 4.29. The predicted octanol–water partition coefficient (Wildman–Crippen LogP) is 4.04. The number of carboxylic acid groups (broad SMARTS) is 1. The summed E-state index contributed by atoms with van der Waals surface area (Å²) >= 11 is 8.01. The van der Waals surface area contributed by atoms with Crippen LogP contribution in [0.4, 0.5) is 0 Å². The minimum atomic E-state index is -0.749. The molecule has 1 saturated heterocycles. The summed E-state index contributed by atoms with van der Waals surface area (Å²) < 4.78 is 0. The van der Waals surface area contributed by atoms with E-state index in [1.807, 2.05) is 35.7 Å². The highest BCUT2D eigenvalue weighted by molar-refractivity contribution is 7.10. The molecular formula is C16H16ClNO2S. The monoisotopic (exact) mass is 321 g/mol. The van der Waals surface area contributed by atoms with Crippen LogP contribution in [0.25, 0.3) is 0 Å². The van der Waals surface area contributed by atoms with E-state index in [-0.39, 0.29) is 6.04 Å². The molecule has 0 amide bonds. The van der Waals surface area contributed by atoms with Gasteiger partial charge in [0.25, 0.3) is 0 Å². The van der Waals surface area contributed by atoms with Gasteiger partial charge in [-0.3, -0.25) is 9.69 Å². The van der Waals surface area contributed by atoms with Crippen molar-refractivity contribution in [2.45, 2.75) is 24.9 Å². The fourth-order valence-corrected chi connectivity index (χ4v) is 4.10. The number of benzene rings is 1. The molecule has 2 aromatic rings. The van der Waals surface area contributed by atoms with Gasteiger partial charge in [0.15, 0.2) is 0 Å². The lowest BCUT2D eigenvalue weighted by Gasteiger charge is -2.31. The molecular weight excluding hydrogens is 306 g/mol. The molecule has 110 valence electrons. The molecule has 2 atom stereocenters. The molecule has 2 unspecified atom stereocenters. The van der Waals surface area contributed by atoms with Gasteiger partial charge in [-0.2, -0.15) is 0 Å². The number of carboxylic acids is 1. The zero-order chi connectivity index (χ0) is 14.8. The van der Waals surface area contributed by atoms with Crippen molar-refractivity contribution in [2.75, 3.05) is 6.54 Å². The third kappa shape index (κ3) is 2.84. The topological polar surface area (TPSA) is 40.5 Å². The maximum Gasteiger partial charge on any atom is 0.320 e. The number of rotatable bonds is 4. The SMILES string of the molecule is O=C(O)C1CCCN1C(c1cccs1)c1ccccc1Cl. The van der Waals surface area contributed by atoms with E-state index in [0.717, 1.165) is 23.4 Å². The molecule has 5 heteroatoms. The van der Waals surface area contributed by atoms with E-state index in [9.17, 15) is 9.90 Å². The van der Waals surface area contributed by atoms with Crippen LogP contribution in [0.5, 0.6) is 0 Å². The van der Waals surface area contributed by atoms with Crippen LogP contribution in [0.15, 0.2) is 41.8 Å². The van der Waals surface area contributed by atoms with E-state index in [2.05, 4.69) is 11.0 Å². The van der Waals surface area contributed by atoms with Gasteiger partial charge in [0.2, 0.25) is 0 Å².